The van der Waals surface area contributed by atoms with Gasteiger partial charge in [-0.1, -0.05) is 6.92 Å². The zero-order valence-electron chi connectivity index (χ0n) is 10.7. The van der Waals surface area contributed by atoms with Gasteiger partial charge in [0.2, 0.25) is 6.79 Å². The van der Waals surface area contributed by atoms with Crippen LogP contribution in [0.5, 0.6) is 11.5 Å². The van der Waals surface area contributed by atoms with Crippen molar-refractivity contribution in [2.45, 2.75) is 38.0 Å². The van der Waals surface area contributed by atoms with Crippen molar-refractivity contribution in [2.24, 2.45) is 0 Å². The molecule has 1 heterocycles. The Hall–Kier alpha value is -1.23. The highest BCUT2D eigenvalue weighted by Gasteiger charge is 2.48. The van der Waals surface area contributed by atoms with Gasteiger partial charge in [-0.2, -0.15) is 0 Å². The predicted molar refractivity (Wildman–Crippen MR) is 72.8 cm³/mol. The Bertz CT molecular complexity index is 549. The van der Waals surface area contributed by atoms with Crippen LogP contribution in [0.15, 0.2) is 10.5 Å². The van der Waals surface area contributed by atoms with Crippen molar-refractivity contribution in [3.8, 4) is 11.5 Å². The lowest BCUT2D eigenvalue weighted by atomic mass is 9.87. The molecule has 0 unspecified atom stereocenters. The smallest absolute Gasteiger partial charge is 0.304 e. The van der Waals surface area contributed by atoms with Crippen molar-refractivity contribution >= 4 is 21.9 Å². The van der Waals surface area contributed by atoms with Crippen LogP contribution >= 0.6 is 15.9 Å². The SMILES string of the molecule is CCc1c(C2(CC(=O)O)CC2)cc2c(c1Br)OCO2. The second kappa shape index (κ2) is 4.40. The summed E-state index contributed by atoms with van der Waals surface area (Å²) in [7, 11) is 0. The quantitative estimate of drug-likeness (QED) is 0.922. The van der Waals surface area contributed by atoms with Crippen molar-refractivity contribution in [1.29, 1.82) is 0 Å². The summed E-state index contributed by atoms with van der Waals surface area (Å²) in [5, 5.41) is 9.11. The molecule has 1 N–H and O–H groups in total. The molecule has 102 valence electrons. The number of carboxylic acids is 1. The average Bonchev–Trinajstić information content (AvgIpc) is 2.96. The molecule has 1 aliphatic heterocycles. The number of carboxylic acid groups (broad SMARTS) is 1. The second-order valence-electron chi connectivity index (χ2n) is 5.15. The molecule has 1 aromatic carbocycles. The molecule has 0 spiro atoms. The van der Waals surface area contributed by atoms with Gasteiger partial charge >= 0.3 is 5.97 Å². The van der Waals surface area contributed by atoms with Gasteiger partial charge in [-0.15, -0.1) is 0 Å². The Kier molecular flexibility index (Phi) is 2.96. The Morgan fingerprint density at radius 3 is 2.79 bits per heavy atom. The monoisotopic (exact) mass is 326 g/mol. The van der Waals surface area contributed by atoms with Crippen LogP contribution in [-0.4, -0.2) is 17.9 Å². The van der Waals surface area contributed by atoms with Crippen LogP contribution in [0.3, 0.4) is 0 Å². The lowest BCUT2D eigenvalue weighted by Gasteiger charge is -2.19. The van der Waals surface area contributed by atoms with Gasteiger partial charge in [0.05, 0.1) is 10.9 Å². The van der Waals surface area contributed by atoms with Crippen molar-refractivity contribution in [2.75, 3.05) is 6.79 Å². The molecule has 0 atom stereocenters. The summed E-state index contributed by atoms with van der Waals surface area (Å²) >= 11 is 3.58. The van der Waals surface area contributed by atoms with Crippen LogP contribution in [0.2, 0.25) is 0 Å². The minimum absolute atomic E-state index is 0.187. The minimum Gasteiger partial charge on any atom is -0.481 e. The lowest BCUT2D eigenvalue weighted by molar-refractivity contribution is -0.137. The summed E-state index contributed by atoms with van der Waals surface area (Å²) in [5.74, 6) is 0.718. The molecule has 19 heavy (non-hydrogen) atoms. The Morgan fingerprint density at radius 1 is 1.47 bits per heavy atom. The predicted octanol–water partition coefficient (Wildman–Crippen LogP) is 3.25. The van der Waals surface area contributed by atoms with Crippen molar-refractivity contribution < 1.29 is 19.4 Å². The lowest BCUT2D eigenvalue weighted by Crippen LogP contribution is -2.15. The van der Waals surface area contributed by atoms with E-state index in [0.29, 0.717) is 0 Å². The molecule has 1 aliphatic carbocycles. The summed E-state index contributed by atoms with van der Waals surface area (Å²) in [4.78, 5) is 11.1. The normalized spacial score (nSPS) is 18.4. The molecular formula is C14H15BrO4. The summed E-state index contributed by atoms with van der Waals surface area (Å²) in [6.45, 7) is 2.30. The van der Waals surface area contributed by atoms with Gasteiger partial charge in [0.15, 0.2) is 11.5 Å². The first kappa shape index (κ1) is 12.8. The van der Waals surface area contributed by atoms with Crippen LogP contribution in [0.25, 0.3) is 0 Å². The molecule has 5 heteroatoms. The fourth-order valence-electron chi connectivity index (χ4n) is 2.84. The number of hydrogen-bond donors (Lipinski definition) is 1. The molecule has 1 aromatic rings. The number of benzene rings is 1. The van der Waals surface area contributed by atoms with Gasteiger partial charge in [-0.05, 0) is 52.4 Å². The van der Waals surface area contributed by atoms with Crippen LogP contribution in [0.4, 0.5) is 0 Å². The van der Waals surface area contributed by atoms with E-state index in [2.05, 4.69) is 22.9 Å². The molecule has 0 saturated heterocycles. The maximum Gasteiger partial charge on any atom is 0.304 e. The fraction of sp³-hybridized carbons (Fsp3) is 0.500. The number of carbonyl (C=O) groups is 1. The number of halogens is 1. The first-order valence-electron chi connectivity index (χ1n) is 6.40. The van der Waals surface area contributed by atoms with E-state index in [-0.39, 0.29) is 18.6 Å². The van der Waals surface area contributed by atoms with Gasteiger partial charge in [0.25, 0.3) is 0 Å². The highest BCUT2D eigenvalue weighted by molar-refractivity contribution is 9.10. The van der Waals surface area contributed by atoms with Crippen molar-refractivity contribution in [3.05, 3.63) is 21.7 Å². The molecular weight excluding hydrogens is 312 g/mol. The molecule has 0 amide bonds. The molecule has 0 radical (unpaired) electrons. The van der Waals surface area contributed by atoms with Gasteiger partial charge in [0.1, 0.15) is 0 Å². The molecule has 1 saturated carbocycles. The van der Waals surface area contributed by atoms with E-state index in [1.807, 2.05) is 6.07 Å². The number of hydrogen-bond acceptors (Lipinski definition) is 3. The molecule has 1 fully saturated rings. The third-order valence-electron chi connectivity index (χ3n) is 3.97. The maximum absolute atomic E-state index is 11.1. The molecule has 0 bridgehead atoms. The van der Waals surface area contributed by atoms with Gasteiger partial charge in [-0.25, -0.2) is 0 Å². The van der Waals surface area contributed by atoms with Gasteiger partial charge in [-0.3, -0.25) is 4.79 Å². The van der Waals surface area contributed by atoms with Gasteiger partial charge in [0, 0.05) is 5.41 Å². The van der Waals surface area contributed by atoms with Gasteiger partial charge < -0.3 is 14.6 Å². The van der Waals surface area contributed by atoms with E-state index >= 15 is 0 Å². The fourth-order valence-corrected chi connectivity index (χ4v) is 3.65. The van der Waals surface area contributed by atoms with Crippen molar-refractivity contribution in [1.82, 2.24) is 0 Å². The van der Waals surface area contributed by atoms with Crippen LogP contribution in [0, 0.1) is 0 Å². The highest BCUT2D eigenvalue weighted by atomic mass is 79.9. The van der Waals surface area contributed by atoms with E-state index in [1.165, 1.54) is 0 Å². The third-order valence-corrected chi connectivity index (χ3v) is 4.81. The third kappa shape index (κ3) is 2.00. The highest BCUT2D eigenvalue weighted by Crippen LogP contribution is 2.56. The zero-order chi connectivity index (χ0) is 13.6. The second-order valence-corrected chi connectivity index (χ2v) is 5.95. The topological polar surface area (TPSA) is 55.8 Å². The maximum atomic E-state index is 11.1. The largest absolute Gasteiger partial charge is 0.481 e. The van der Waals surface area contributed by atoms with E-state index < -0.39 is 5.97 Å². The zero-order valence-corrected chi connectivity index (χ0v) is 12.2. The first-order chi connectivity index (χ1) is 9.07. The summed E-state index contributed by atoms with van der Waals surface area (Å²) in [5.41, 5.74) is 2.04. The Labute approximate surface area is 119 Å². The summed E-state index contributed by atoms with van der Waals surface area (Å²) in [6, 6.07) is 1.97. The van der Waals surface area contributed by atoms with Crippen molar-refractivity contribution in [3.63, 3.8) is 0 Å². The molecule has 0 aromatic heterocycles. The first-order valence-corrected chi connectivity index (χ1v) is 7.20. The Morgan fingerprint density at radius 2 is 2.21 bits per heavy atom. The molecule has 2 aliphatic rings. The minimum atomic E-state index is -0.742. The van der Waals surface area contributed by atoms with E-state index in [0.717, 1.165) is 46.4 Å². The molecule has 3 rings (SSSR count). The number of ether oxygens (including phenoxy) is 2. The molecule has 4 nitrogen and oxygen atoms in total. The number of rotatable bonds is 4. The number of fused-ring (bicyclic) bond motifs is 1. The summed E-state index contributed by atoms with van der Waals surface area (Å²) in [6.07, 6.45) is 2.89. The van der Waals surface area contributed by atoms with E-state index in [4.69, 9.17) is 14.6 Å². The summed E-state index contributed by atoms with van der Waals surface area (Å²) < 4.78 is 11.8. The Balaban J connectivity index is 2.11. The average molecular weight is 327 g/mol. The van der Waals surface area contributed by atoms with Crippen LogP contribution < -0.4 is 9.47 Å². The standard InChI is InChI=1S/C14H15BrO4/c1-2-8-9(14(3-4-14)6-11(16)17)5-10-13(12(8)15)19-7-18-10/h5H,2-4,6-7H2,1H3,(H,16,17). The van der Waals surface area contributed by atoms with E-state index in [9.17, 15) is 4.79 Å². The van der Waals surface area contributed by atoms with Crippen LogP contribution in [0.1, 0.15) is 37.3 Å². The van der Waals surface area contributed by atoms with E-state index in [1.54, 1.807) is 0 Å². The van der Waals surface area contributed by atoms with Crippen LogP contribution in [-0.2, 0) is 16.6 Å². The number of aliphatic carboxylic acids is 1.